The van der Waals surface area contributed by atoms with Crippen LogP contribution in [-0.2, 0) is 17.1 Å². The van der Waals surface area contributed by atoms with E-state index in [2.05, 4.69) is 4.74 Å². The molecule has 0 spiro atoms. The lowest BCUT2D eigenvalue weighted by Crippen LogP contribution is -2.23. The van der Waals surface area contributed by atoms with Gasteiger partial charge in [-0.05, 0) is 41.0 Å². The smallest absolute Gasteiger partial charge is 0.422 e. The van der Waals surface area contributed by atoms with Gasteiger partial charge in [-0.1, -0.05) is 12.1 Å². The van der Waals surface area contributed by atoms with Crippen LogP contribution in [0.15, 0.2) is 36.4 Å². The highest BCUT2D eigenvalue weighted by Gasteiger charge is 2.42. The molecule has 0 aliphatic carbocycles. The number of alkyl halides is 12. The van der Waals surface area contributed by atoms with E-state index >= 15 is 0 Å². The van der Waals surface area contributed by atoms with Crippen LogP contribution in [0.5, 0.6) is 5.75 Å². The van der Waals surface area contributed by atoms with Gasteiger partial charge in [0.05, 0.1) is 17.9 Å². The van der Waals surface area contributed by atoms with Gasteiger partial charge in [-0.25, -0.2) is 0 Å². The molecule has 3 nitrogen and oxygen atoms in total. The second-order valence-electron chi connectivity index (χ2n) is 7.13. The van der Waals surface area contributed by atoms with Crippen molar-refractivity contribution in [2.45, 2.75) is 37.0 Å². The highest BCUT2D eigenvalue weighted by molar-refractivity contribution is 5.79. The maximum absolute atomic E-state index is 13.8. The number of benzene rings is 2. The van der Waals surface area contributed by atoms with Gasteiger partial charge in [0.25, 0.3) is 0 Å². The van der Waals surface area contributed by atoms with Crippen LogP contribution in [0.4, 0.5) is 52.7 Å². The van der Waals surface area contributed by atoms with Crippen molar-refractivity contribution in [2.75, 3.05) is 6.61 Å². The minimum Gasteiger partial charge on any atom is -0.483 e. The van der Waals surface area contributed by atoms with Crippen LogP contribution < -0.4 is 4.74 Å². The lowest BCUT2D eigenvalue weighted by Gasteiger charge is -2.23. The quantitative estimate of drug-likeness (QED) is 0.396. The molecule has 0 fully saturated rings. The highest BCUT2D eigenvalue weighted by atomic mass is 19.4. The Morgan fingerprint density at radius 2 is 1.34 bits per heavy atom. The number of rotatable bonds is 6. The van der Waals surface area contributed by atoms with E-state index in [0.717, 1.165) is 0 Å². The summed E-state index contributed by atoms with van der Waals surface area (Å²) in [6.45, 7) is -2.32. The van der Waals surface area contributed by atoms with Crippen molar-refractivity contribution < 1.29 is 67.3 Å². The number of carboxylic acids is 1. The minimum atomic E-state index is -5.50. The van der Waals surface area contributed by atoms with Crippen molar-refractivity contribution >= 4 is 5.97 Å². The molecule has 2 aromatic rings. The van der Waals surface area contributed by atoms with Gasteiger partial charge in [0, 0.05) is 0 Å². The van der Waals surface area contributed by atoms with Crippen LogP contribution >= 0.6 is 0 Å². The topological polar surface area (TPSA) is 46.5 Å². The molecule has 194 valence electrons. The van der Waals surface area contributed by atoms with Gasteiger partial charge in [0.1, 0.15) is 11.3 Å². The first kappa shape index (κ1) is 28.1. The normalized spacial score (nSPS) is 14.1. The first-order chi connectivity index (χ1) is 15.7. The molecule has 0 heterocycles. The van der Waals surface area contributed by atoms with E-state index in [4.69, 9.17) is 0 Å². The summed E-state index contributed by atoms with van der Waals surface area (Å²) in [5, 5.41) is 9.19. The summed E-state index contributed by atoms with van der Waals surface area (Å²) >= 11 is 0. The van der Waals surface area contributed by atoms with Crippen molar-refractivity contribution in [1.29, 1.82) is 0 Å². The summed E-state index contributed by atoms with van der Waals surface area (Å²) < 4.78 is 160. The molecule has 0 saturated heterocycles. The molecule has 0 radical (unpaired) electrons. The predicted octanol–water partition coefficient (Wildman–Crippen LogP) is 7.45. The fraction of sp³-hybridized carbons (Fsp3) is 0.350. The summed E-state index contributed by atoms with van der Waals surface area (Å²) in [5.74, 6) is -6.36. The summed E-state index contributed by atoms with van der Waals surface area (Å²) in [5.41, 5.74) is -6.12. The number of carbonyl (C=O) groups is 1. The standard InChI is InChI=1S/C20H12F12O3/c21-17(22,23)7-13(16(33)34)10-5-12(9-1-3-11(4-2-9)19(27,28)29)15(20(30,31)32)14(6-10)35-8-18(24,25)26/h1-6,13H,7-8H2,(H,33,34). The van der Waals surface area contributed by atoms with E-state index in [1.165, 1.54) is 0 Å². The van der Waals surface area contributed by atoms with E-state index in [9.17, 15) is 62.6 Å². The largest absolute Gasteiger partial charge is 0.483 e. The van der Waals surface area contributed by atoms with Gasteiger partial charge in [0.15, 0.2) is 6.61 Å². The Kier molecular flexibility index (Phi) is 7.62. The van der Waals surface area contributed by atoms with Crippen molar-refractivity contribution in [3.05, 3.63) is 53.1 Å². The first-order valence-corrected chi connectivity index (χ1v) is 9.11. The third-order valence-corrected chi connectivity index (χ3v) is 4.46. The molecule has 0 aliphatic rings. The number of aliphatic carboxylic acids is 1. The fourth-order valence-electron chi connectivity index (χ4n) is 3.05. The van der Waals surface area contributed by atoms with Gasteiger partial charge >= 0.3 is 30.7 Å². The van der Waals surface area contributed by atoms with E-state index in [1.807, 2.05) is 0 Å². The van der Waals surface area contributed by atoms with Crippen molar-refractivity contribution in [3.8, 4) is 16.9 Å². The third kappa shape index (κ3) is 7.68. The molecule has 0 bridgehead atoms. The lowest BCUT2D eigenvalue weighted by molar-refractivity contribution is -0.159. The minimum absolute atomic E-state index is 0.0900. The van der Waals surface area contributed by atoms with E-state index in [1.54, 1.807) is 0 Å². The summed E-state index contributed by atoms with van der Waals surface area (Å²) in [4.78, 5) is 11.4. The zero-order valence-corrected chi connectivity index (χ0v) is 16.8. The molecular weight excluding hydrogens is 516 g/mol. The molecule has 0 aliphatic heterocycles. The molecule has 0 saturated carbocycles. The highest BCUT2D eigenvalue weighted by Crippen LogP contribution is 2.46. The number of ether oxygens (including phenoxy) is 1. The van der Waals surface area contributed by atoms with E-state index in [0.29, 0.717) is 30.3 Å². The lowest BCUT2D eigenvalue weighted by atomic mass is 9.88. The second-order valence-corrected chi connectivity index (χ2v) is 7.13. The number of hydrogen-bond acceptors (Lipinski definition) is 2. The van der Waals surface area contributed by atoms with Gasteiger partial charge in [-0.2, -0.15) is 52.7 Å². The number of halogens is 12. The Balaban J connectivity index is 2.84. The maximum Gasteiger partial charge on any atom is 0.422 e. The molecule has 15 heteroatoms. The van der Waals surface area contributed by atoms with Crippen LogP contribution in [0.2, 0.25) is 0 Å². The SMILES string of the molecule is O=C(O)C(CC(F)(F)F)c1cc(OCC(F)(F)F)c(C(F)(F)F)c(-c2ccc(C(F)(F)F)cc2)c1. The van der Waals surface area contributed by atoms with Crippen LogP contribution in [-0.4, -0.2) is 30.0 Å². The molecular formula is C20H12F12O3. The fourth-order valence-corrected chi connectivity index (χ4v) is 3.05. The van der Waals surface area contributed by atoms with E-state index in [-0.39, 0.29) is 6.07 Å². The molecule has 0 aromatic heterocycles. The van der Waals surface area contributed by atoms with Crippen LogP contribution in [0.1, 0.15) is 29.0 Å². The molecule has 0 amide bonds. The van der Waals surface area contributed by atoms with Crippen molar-refractivity contribution in [2.24, 2.45) is 0 Å². The molecule has 1 atom stereocenters. The average molecular weight is 528 g/mol. The van der Waals surface area contributed by atoms with E-state index < -0.39 is 83.2 Å². The number of carboxylic acid groups (broad SMARTS) is 1. The Hall–Kier alpha value is -3.13. The van der Waals surface area contributed by atoms with Gasteiger partial charge < -0.3 is 9.84 Å². The number of hydrogen-bond donors (Lipinski definition) is 1. The van der Waals surface area contributed by atoms with Crippen LogP contribution in [0, 0.1) is 0 Å². The third-order valence-electron chi connectivity index (χ3n) is 4.46. The molecule has 35 heavy (non-hydrogen) atoms. The summed E-state index contributed by atoms with van der Waals surface area (Å²) in [7, 11) is 0. The van der Waals surface area contributed by atoms with Crippen molar-refractivity contribution in [3.63, 3.8) is 0 Å². The summed E-state index contributed by atoms with van der Waals surface area (Å²) in [6, 6.07) is 2.09. The Morgan fingerprint density at radius 1 is 0.800 bits per heavy atom. The average Bonchev–Trinajstić information content (AvgIpc) is 2.67. The molecule has 2 rings (SSSR count). The first-order valence-electron chi connectivity index (χ1n) is 9.11. The molecule has 1 unspecified atom stereocenters. The summed E-state index contributed by atoms with van der Waals surface area (Å²) in [6.07, 6.45) is -22.8. The second kappa shape index (κ2) is 9.49. The van der Waals surface area contributed by atoms with Crippen LogP contribution in [0.25, 0.3) is 11.1 Å². The van der Waals surface area contributed by atoms with Crippen molar-refractivity contribution in [1.82, 2.24) is 0 Å². The maximum atomic E-state index is 13.8. The Bertz CT molecular complexity index is 1050. The Morgan fingerprint density at radius 3 is 1.74 bits per heavy atom. The molecule has 1 N–H and O–H groups in total. The van der Waals surface area contributed by atoms with Gasteiger partial charge in [-0.15, -0.1) is 0 Å². The van der Waals surface area contributed by atoms with Gasteiger partial charge in [-0.3, -0.25) is 4.79 Å². The van der Waals surface area contributed by atoms with Gasteiger partial charge in [0.2, 0.25) is 0 Å². The predicted molar refractivity (Wildman–Crippen MR) is 94.5 cm³/mol. The van der Waals surface area contributed by atoms with Crippen LogP contribution in [0.3, 0.4) is 0 Å². The molecule has 2 aromatic carbocycles. The Labute approximate surface area is 187 Å². The zero-order valence-electron chi connectivity index (χ0n) is 16.8. The zero-order chi connectivity index (χ0) is 27.0. The monoisotopic (exact) mass is 528 g/mol.